The summed E-state index contributed by atoms with van der Waals surface area (Å²) >= 11 is 0. The molecule has 0 aromatic heterocycles. The van der Waals surface area contributed by atoms with E-state index in [0.29, 0.717) is 26.4 Å². The maximum Gasteiger partial charge on any atom is 0.145 e. The van der Waals surface area contributed by atoms with E-state index < -0.39 is 5.41 Å². The summed E-state index contributed by atoms with van der Waals surface area (Å²) in [5, 5.41) is 0. The van der Waals surface area contributed by atoms with Crippen LogP contribution in [0.2, 0.25) is 0 Å². The molecule has 39 heavy (non-hydrogen) atoms. The van der Waals surface area contributed by atoms with Gasteiger partial charge in [0.05, 0.1) is 5.41 Å². The first-order valence-corrected chi connectivity index (χ1v) is 11.7. The van der Waals surface area contributed by atoms with E-state index >= 15 is 0 Å². The predicted octanol–water partition coefficient (Wildman–Crippen LogP) is 5.12. The number of nitrogens with zero attached hydrogens (tertiary/aromatic N) is 4. The summed E-state index contributed by atoms with van der Waals surface area (Å²) < 4.78 is 17.9. The molecule has 0 aromatic carbocycles. The van der Waals surface area contributed by atoms with Crippen LogP contribution in [0.25, 0.3) is 0 Å². The van der Waals surface area contributed by atoms with E-state index in [2.05, 4.69) is 94.9 Å². The number of hydrogen-bond donors (Lipinski definition) is 0. The molecule has 0 bridgehead atoms. The zero-order chi connectivity index (χ0) is 29.0. The van der Waals surface area contributed by atoms with Gasteiger partial charge in [-0.1, -0.05) is 43.6 Å². The van der Waals surface area contributed by atoms with Gasteiger partial charge in [0, 0.05) is 41.8 Å². The molecule has 0 aliphatic carbocycles. The minimum absolute atomic E-state index is 0. The number of Topliss-reactive ketones (excluding diaryl/α,β-unsaturated/α-hetero) is 2. The fourth-order valence-electron chi connectivity index (χ4n) is 2.86. The molecule has 0 N–H and O–H groups in total. The van der Waals surface area contributed by atoms with Crippen LogP contribution in [0.15, 0.2) is 0 Å². The van der Waals surface area contributed by atoms with Crippen LogP contribution in [0.5, 0.6) is 0 Å². The molecular formula is C29H76N4O6. The second-order valence-electron chi connectivity index (χ2n) is 8.89. The van der Waals surface area contributed by atoms with Crippen molar-refractivity contribution in [3.05, 3.63) is 0 Å². The zero-order valence-corrected chi connectivity index (χ0v) is 26.0. The molecule has 10 heteroatoms. The number of methoxy groups -OCH3 is 4. The van der Waals surface area contributed by atoms with Gasteiger partial charge in [-0.05, 0) is 83.1 Å². The summed E-state index contributed by atoms with van der Waals surface area (Å²) in [5.41, 5.74) is -0.694. The van der Waals surface area contributed by atoms with Crippen molar-refractivity contribution in [2.24, 2.45) is 5.41 Å². The second kappa shape index (κ2) is 44.1. The van der Waals surface area contributed by atoms with E-state index in [1.807, 2.05) is 13.8 Å². The first-order valence-electron chi connectivity index (χ1n) is 11.7. The number of carbonyl (C=O) groups excluding carboxylic acids is 2. The average molecular weight is 577 g/mol. The molecular weight excluding hydrogens is 500 g/mol. The van der Waals surface area contributed by atoms with Crippen LogP contribution in [-0.4, -0.2) is 143 Å². The number of carbonyl (C=O) groups is 2. The lowest BCUT2D eigenvalue weighted by molar-refractivity contribution is -0.138. The van der Waals surface area contributed by atoms with E-state index in [4.69, 9.17) is 0 Å². The van der Waals surface area contributed by atoms with Crippen molar-refractivity contribution in [2.45, 2.75) is 70.2 Å². The van der Waals surface area contributed by atoms with Gasteiger partial charge in [0.15, 0.2) is 0 Å². The van der Waals surface area contributed by atoms with E-state index in [1.165, 1.54) is 13.8 Å². The molecule has 0 radical (unpaired) electrons. The van der Waals surface area contributed by atoms with Crippen LogP contribution in [0, 0.1) is 5.41 Å². The van der Waals surface area contributed by atoms with Crippen LogP contribution in [0.3, 0.4) is 0 Å². The highest BCUT2D eigenvalue weighted by Crippen LogP contribution is 2.28. The van der Waals surface area contributed by atoms with Gasteiger partial charge in [-0.3, -0.25) is 29.2 Å². The molecule has 0 aliphatic heterocycles. The third-order valence-corrected chi connectivity index (χ3v) is 4.16. The fraction of sp³-hybridized carbons (Fsp3) is 0.931. The van der Waals surface area contributed by atoms with Crippen molar-refractivity contribution in [2.75, 3.05) is 112 Å². The number of hydrogen-bond acceptors (Lipinski definition) is 10. The third kappa shape index (κ3) is 53.9. The summed E-state index contributed by atoms with van der Waals surface area (Å²) in [7, 11) is 22.8. The lowest BCUT2D eigenvalue weighted by Gasteiger charge is -2.24. The molecule has 10 nitrogen and oxygen atoms in total. The van der Waals surface area contributed by atoms with Crippen molar-refractivity contribution in [3.8, 4) is 0 Å². The molecule has 0 saturated heterocycles. The zero-order valence-electron chi connectivity index (χ0n) is 26.0. The maximum atomic E-state index is 11.1. The molecule has 0 atom stereocenters. The molecule has 248 valence electrons. The SMILES string of the molecule is C.C.C.C.CCC(CC)(C(C)=O)C(C)=O.CN(C)CN(C)C.CN(C)CN(C)C.COCOC.COCOC. The van der Waals surface area contributed by atoms with Gasteiger partial charge in [0.25, 0.3) is 0 Å². The Morgan fingerprint density at radius 2 is 0.692 bits per heavy atom. The molecule has 0 heterocycles. The molecule has 0 saturated carbocycles. The van der Waals surface area contributed by atoms with Crippen LogP contribution in [-0.2, 0) is 28.5 Å². The summed E-state index contributed by atoms with van der Waals surface area (Å²) in [4.78, 5) is 30.8. The van der Waals surface area contributed by atoms with Gasteiger partial charge >= 0.3 is 0 Å². The van der Waals surface area contributed by atoms with Crippen molar-refractivity contribution in [1.29, 1.82) is 0 Å². The highest BCUT2D eigenvalue weighted by Gasteiger charge is 2.36. The Morgan fingerprint density at radius 1 is 0.513 bits per heavy atom. The summed E-state index contributed by atoms with van der Waals surface area (Å²) in [6, 6.07) is 0. The Morgan fingerprint density at radius 3 is 0.692 bits per heavy atom. The number of ketones is 2. The van der Waals surface area contributed by atoms with Gasteiger partial charge in [0.1, 0.15) is 25.2 Å². The van der Waals surface area contributed by atoms with Gasteiger partial charge in [-0.15, -0.1) is 0 Å². The standard InChI is InChI=1S/C9H16O2.2C5H14N2.2C3H8O2.4CH4/c1-5-9(6-2,7(3)10)8(4)11;2*1-6(2)5-7(3)4;2*1-4-3-5-2;;;;/h5-6H2,1-4H3;2*5H2,1-4H3;2*3H2,1-2H3;4*1H4. The lowest BCUT2D eigenvalue weighted by atomic mass is 9.76. The van der Waals surface area contributed by atoms with Gasteiger partial charge in [0.2, 0.25) is 0 Å². The van der Waals surface area contributed by atoms with Crippen LogP contribution in [0.4, 0.5) is 0 Å². The Labute approximate surface area is 247 Å². The molecule has 0 amide bonds. The Bertz CT molecular complexity index is 393. The first kappa shape index (κ1) is 61.9. The molecule has 0 aliphatic rings. The van der Waals surface area contributed by atoms with Crippen LogP contribution >= 0.6 is 0 Å². The van der Waals surface area contributed by atoms with E-state index in [9.17, 15) is 9.59 Å². The first-order chi connectivity index (χ1) is 16.1. The predicted molar refractivity (Wildman–Crippen MR) is 174 cm³/mol. The van der Waals surface area contributed by atoms with Gasteiger partial charge in [-0.25, -0.2) is 0 Å². The van der Waals surface area contributed by atoms with Crippen molar-refractivity contribution >= 4 is 11.6 Å². The number of rotatable bonds is 12. The van der Waals surface area contributed by atoms with Gasteiger partial charge < -0.3 is 18.9 Å². The largest absolute Gasteiger partial charge is 0.359 e. The Kier molecular flexibility index (Phi) is 69.9. The van der Waals surface area contributed by atoms with Crippen molar-refractivity contribution < 1.29 is 28.5 Å². The summed E-state index contributed by atoms with van der Waals surface area (Å²) in [6.07, 6.45) is 1.24. The van der Waals surface area contributed by atoms with Crippen molar-refractivity contribution in [1.82, 2.24) is 19.6 Å². The Hall–Kier alpha value is -0.980. The lowest BCUT2D eigenvalue weighted by Crippen LogP contribution is -2.35. The average Bonchev–Trinajstić information content (AvgIpc) is 2.70. The van der Waals surface area contributed by atoms with Gasteiger partial charge in [-0.2, -0.15) is 0 Å². The van der Waals surface area contributed by atoms with Crippen LogP contribution < -0.4 is 0 Å². The highest BCUT2D eigenvalue weighted by atomic mass is 16.7. The number of ether oxygens (including phenoxy) is 4. The van der Waals surface area contributed by atoms with E-state index in [1.54, 1.807) is 28.4 Å². The minimum atomic E-state index is -0.694. The molecule has 0 unspecified atom stereocenters. The summed E-state index contributed by atoms with van der Waals surface area (Å²) in [5.74, 6) is -0.00926. The third-order valence-electron chi connectivity index (χ3n) is 4.16. The second-order valence-corrected chi connectivity index (χ2v) is 8.89. The van der Waals surface area contributed by atoms with Crippen LogP contribution in [0.1, 0.15) is 70.2 Å². The normalized spacial score (nSPS) is 9.33. The highest BCUT2D eigenvalue weighted by molar-refractivity contribution is 6.04. The minimum Gasteiger partial charge on any atom is -0.359 e. The van der Waals surface area contributed by atoms with Crippen molar-refractivity contribution in [3.63, 3.8) is 0 Å². The molecule has 0 aromatic rings. The quantitative estimate of drug-likeness (QED) is 0.230. The topological polar surface area (TPSA) is 84.0 Å². The maximum absolute atomic E-state index is 11.1. The molecule has 0 spiro atoms. The molecule has 0 fully saturated rings. The fourth-order valence-corrected chi connectivity index (χ4v) is 2.86. The molecule has 0 rings (SSSR count). The van der Waals surface area contributed by atoms with E-state index in [0.717, 1.165) is 13.3 Å². The Balaban J connectivity index is -0.0000000415. The van der Waals surface area contributed by atoms with E-state index in [-0.39, 0.29) is 41.3 Å². The monoisotopic (exact) mass is 577 g/mol. The smallest absolute Gasteiger partial charge is 0.145 e. The summed E-state index contributed by atoms with van der Waals surface area (Å²) in [6.45, 7) is 9.58.